The number of hydrogen-bond acceptors (Lipinski definition) is 3. The molecule has 3 N–H and O–H groups in total. The number of benzene rings is 1. The van der Waals surface area contributed by atoms with Gasteiger partial charge >= 0.3 is 0 Å². The van der Waals surface area contributed by atoms with E-state index in [0.29, 0.717) is 18.9 Å². The summed E-state index contributed by atoms with van der Waals surface area (Å²) in [6.45, 7) is 8.07. The van der Waals surface area contributed by atoms with E-state index in [1.54, 1.807) is 0 Å². The highest BCUT2D eigenvalue weighted by molar-refractivity contribution is 14.0. The third kappa shape index (κ3) is 7.11. The van der Waals surface area contributed by atoms with Gasteiger partial charge in [0.1, 0.15) is 6.54 Å². The molecule has 0 aliphatic carbocycles. The minimum Gasteiger partial charge on any atom is -0.357 e. The van der Waals surface area contributed by atoms with E-state index in [1.165, 1.54) is 0 Å². The van der Waals surface area contributed by atoms with E-state index in [2.05, 4.69) is 26.0 Å². The molecule has 1 amide bonds. The number of carbonyl (C=O) groups excluding carboxylic acids is 1. The van der Waals surface area contributed by atoms with Crippen LogP contribution in [0.2, 0.25) is 0 Å². The molecule has 1 atom stereocenters. The third-order valence-electron chi connectivity index (χ3n) is 4.59. The van der Waals surface area contributed by atoms with E-state index >= 15 is 0 Å². The van der Waals surface area contributed by atoms with Crippen molar-refractivity contribution in [1.29, 1.82) is 0 Å². The van der Waals surface area contributed by atoms with Crippen LogP contribution in [0, 0.1) is 31.3 Å². The van der Waals surface area contributed by atoms with Crippen LogP contribution >= 0.6 is 24.0 Å². The minimum absolute atomic E-state index is 0. The maximum atomic E-state index is 13.7. The highest BCUT2D eigenvalue weighted by Crippen LogP contribution is 2.19. The summed E-state index contributed by atoms with van der Waals surface area (Å²) >= 11 is 0. The molecule has 11 heteroatoms. The smallest absolute Gasteiger partial charge is 0.246 e. The Labute approximate surface area is 196 Å². The summed E-state index contributed by atoms with van der Waals surface area (Å²) in [4.78, 5) is 16.3. The Morgan fingerprint density at radius 1 is 1.23 bits per heavy atom. The first kappa shape index (κ1) is 26.7. The van der Waals surface area contributed by atoms with Crippen LogP contribution in [-0.2, 0) is 18.3 Å². The Morgan fingerprint density at radius 2 is 1.90 bits per heavy atom. The van der Waals surface area contributed by atoms with Crippen molar-refractivity contribution < 1.29 is 18.0 Å². The van der Waals surface area contributed by atoms with Crippen molar-refractivity contribution in [3.63, 3.8) is 0 Å². The van der Waals surface area contributed by atoms with Crippen LogP contribution in [0.1, 0.15) is 30.8 Å². The lowest BCUT2D eigenvalue weighted by Gasteiger charge is -2.18. The van der Waals surface area contributed by atoms with Gasteiger partial charge in [-0.3, -0.25) is 9.48 Å². The van der Waals surface area contributed by atoms with Gasteiger partial charge in [0.25, 0.3) is 0 Å². The Hall–Kier alpha value is -2.31. The molecule has 1 aromatic heterocycles. The first-order valence-electron chi connectivity index (χ1n) is 9.61. The van der Waals surface area contributed by atoms with Crippen molar-refractivity contribution in [2.24, 2.45) is 12.0 Å². The average molecular weight is 552 g/mol. The second-order valence-electron chi connectivity index (χ2n) is 6.99. The molecule has 0 saturated carbocycles. The second-order valence-corrected chi connectivity index (χ2v) is 6.99. The number of nitrogens with one attached hydrogen (secondary N) is 3. The Balaban J connectivity index is 0.00000480. The molecule has 31 heavy (non-hydrogen) atoms. The van der Waals surface area contributed by atoms with Crippen molar-refractivity contribution in [2.45, 2.75) is 40.2 Å². The number of aryl methyl sites for hydroxylation is 2. The fraction of sp³-hybridized carbons (Fsp3) is 0.450. The van der Waals surface area contributed by atoms with E-state index < -0.39 is 29.0 Å². The Bertz CT molecular complexity index is 947. The molecule has 0 aliphatic rings. The maximum Gasteiger partial charge on any atom is 0.246 e. The SMILES string of the molecule is CCNC(=NCC(=O)Nc1ccc(F)c(F)c1F)NC(C)Cc1c(C)nn(C)c1C.I. The summed E-state index contributed by atoms with van der Waals surface area (Å²) in [5.41, 5.74) is 2.73. The predicted octanol–water partition coefficient (Wildman–Crippen LogP) is 3.20. The minimum atomic E-state index is -1.64. The third-order valence-corrected chi connectivity index (χ3v) is 4.59. The average Bonchev–Trinajstić information content (AvgIpc) is 2.93. The molecule has 1 aromatic carbocycles. The molecule has 0 radical (unpaired) electrons. The van der Waals surface area contributed by atoms with Crippen LogP contribution in [0.25, 0.3) is 0 Å². The molecule has 1 heterocycles. The van der Waals surface area contributed by atoms with Crippen molar-refractivity contribution in [1.82, 2.24) is 20.4 Å². The lowest BCUT2D eigenvalue weighted by molar-refractivity contribution is -0.114. The number of hydrogen-bond donors (Lipinski definition) is 3. The van der Waals surface area contributed by atoms with Crippen molar-refractivity contribution in [2.75, 3.05) is 18.4 Å². The van der Waals surface area contributed by atoms with Crippen LogP contribution in [0.15, 0.2) is 17.1 Å². The number of amides is 1. The molecule has 0 aliphatic heterocycles. The number of carbonyl (C=O) groups is 1. The molecular formula is C20H28F3IN6O. The monoisotopic (exact) mass is 552 g/mol. The first-order valence-corrected chi connectivity index (χ1v) is 9.61. The molecule has 172 valence electrons. The fourth-order valence-electron chi connectivity index (χ4n) is 2.99. The van der Waals surface area contributed by atoms with Crippen LogP contribution in [0.4, 0.5) is 18.9 Å². The molecule has 0 fully saturated rings. The van der Waals surface area contributed by atoms with E-state index in [9.17, 15) is 18.0 Å². The lowest BCUT2D eigenvalue weighted by atomic mass is 10.1. The second kappa shape index (κ2) is 11.9. The zero-order chi connectivity index (χ0) is 22.4. The van der Waals surface area contributed by atoms with Crippen molar-refractivity contribution >= 4 is 41.5 Å². The van der Waals surface area contributed by atoms with Gasteiger partial charge in [0.2, 0.25) is 5.91 Å². The normalized spacial score (nSPS) is 12.2. The molecule has 2 rings (SSSR count). The van der Waals surface area contributed by atoms with Gasteiger partial charge in [-0.2, -0.15) is 5.10 Å². The Morgan fingerprint density at radius 3 is 2.48 bits per heavy atom. The van der Waals surface area contributed by atoms with Gasteiger partial charge in [-0.1, -0.05) is 0 Å². The number of rotatable bonds is 7. The quantitative estimate of drug-likeness (QED) is 0.213. The highest BCUT2D eigenvalue weighted by Gasteiger charge is 2.16. The Kier molecular flexibility index (Phi) is 10.3. The maximum absolute atomic E-state index is 13.7. The summed E-state index contributed by atoms with van der Waals surface area (Å²) in [5, 5.41) is 12.8. The summed E-state index contributed by atoms with van der Waals surface area (Å²) in [5.74, 6) is -4.67. The van der Waals surface area contributed by atoms with Crippen LogP contribution in [-0.4, -0.2) is 40.8 Å². The molecular weight excluding hydrogens is 524 g/mol. The fourth-order valence-corrected chi connectivity index (χ4v) is 2.99. The zero-order valence-corrected chi connectivity index (χ0v) is 20.5. The highest BCUT2D eigenvalue weighted by atomic mass is 127. The van der Waals surface area contributed by atoms with Crippen molar-refractivity contribution in [3.05, 3.63) is 46.5 Å². The van der Waals surface area contributed by atoms with Crippen LogP contribution in [0.3, 0.4) is 0 Å². The molecule has 0 bridgehead atoms. The number of aromatic nitrogens is 2. The van der Waals surface area contributed by atoms with E-state index in [4.69, 9.17) is 0 Å². The van der Waals surface area contributed by atoms with Gasteiger partial charge in [-0.25, -0.2) is 18.2 Å². The summed E-state index contributed by atoms with van der Waals surface area (Å²) in [7, 11) is 1.89. The van der Waals surface area contributed by atoms with Crippen molar-refractivity contribution in [3.8, 4) is 0 Å². The number of guanidine groups is 1. The molecule has 1 unspecified atom stereocenters. The number of halogens is 4. The van der Waals surface area contributed by atoms with Gasteiger partial charge in [-0.15, -0.1) is 24.0 Å². The van der Waals surface area contributed by atoms with E-state index in [-0.39, 0.29) is 36.6 Å². The molecule has 7 nitrogen and oxygen atoms in total. The van der Waals surface area contributed by atoms with Crippen LogP contribution < -0.4 is 16.0 Å². The summed E-state index contributed by atoms with van der Waals surface area (Å²) < 4.78 is 41.8. The number of anilines is 1. The van der Waals surface area contributed by atoms with Gasteiger partial charge in [-0.05, 0) is 51.8 Å². The van der Waals surface area contributed by atoms with Gasteiger partial charge in [0.15, 0.2) is 23.4 Å². The topological polar surface area (TPSA) is 83.3 Å². The lowest BCUT2D eigenvalue weighted by Crippen LogP contribution is -2.43. The molecule has 2 aromatic rings. The van der Waals surface area contributed by atoms with E-state index in [0.717, 1.165) is 29.1 Å². The van der Waals surface area contributed by atoms with E-state index in [1.807, 2.05) is 39.4 Å². The predicted molar refractivity (Wildman–Crippen MR) is 125 cm³/mol. The van der Waals surface area contributed by atoms with Crippen LogP contribution in [0.5, 0.6) is 0 Å². The number of nitrogens with zero attached hydrogens (tertiary/aromatic N) is 3. The van der Waals surface area contributed by atoms with Gasteiger partial charge in [0, 0.05) is 25.3 Å². The molecule has 0 saturated heterocycles. The van der Waals surface area contributed by atoms with Gasteiger partial charge < -0.3 is 16.0 Å². The number of aliphatic imine (C=N–C) groups is 1. The molecule has 0 spiro atoms. The largest absolute Gasteiger partial charge is 0.357 e. The van der Waals surface area contributed by atoms with Gasteiger partial charge in [0.05, 0.1) is 11.4 Å². The summed E-state index contributed by atoms with van der Waals surface area (Å²) in [6.07, 6.45) is 0.711. The first-order chi connectivity index (χ1) is 14.1. The summed E-state index contributed by atoms with van der Waals surface area (Å²) in [6, 6.07) is 1.70. The standard InChI is InChI=1S/C20H27F3N6O.HI/c1-6-24-20(26-11(2)9-14-12(3)28-29(5)13(14)4)25-10-17(30)27-16-8-7-15(21)18(22)19(16)23;/h7-8,11H,6,9-10H2,1-5H3,(H,27,30)(H2,24,25,26);1H. The zero-order valence-electron chi connectivity index (χ0n) is 18.1.